The number of pyridine rings is 1. The van der Waals surface area contributed by atoms with Crippen LogP contribution < -0.4 is 14.4 Å². The van der Waals surface area contributed by atoms with Crippen molar-refractivity contribution in [1.29, 1.82) is 0 Å². The van der Waals surface area contributed by atoms with Gasteiger partial charge < -0.3 is 19.3 Å². The smallest absolute Gasteiger partial charge is 0.261 e. The molecule has 0 aliphatic carbocycles. The highest BCUT2D eigenvalue weighted by atomic mass is 16.5. The van der Waals surface area contributed by atoms with Crippen molar-refractivity contribution in [3.8, 4) is 22.9 Å². The lowest BCUT2D eigenvalue weighted by Crippen LogP contribution is -2.39. The SMILES string of the molecule is COc1cccc(OC)c1C(=O)N1CCC[C@H](c2cc(N(C)C)nc(-c3cccnc3)n2)C1. The summed E-state index contributed by atoms with van der Waals surface area (Å²) in [5, 5.41) is 0. The normalized spacial score (nSPS) is 15.8. The van der Waals surface area contributed by atoms with Gasteiger partial charge in [0.05, 0.1) is 19.9 Å². The van der Waals surface area contributed by atoms with Gasteiger partial charge in [-0.3, -0.25) is 9.78 Å². The van der Waals surface area contributed by atoms with E-state index in [1.54, 1.807) is 38.7 Å². The highest BCUT2D eigenvalue weighted by molar-refractivity contribution is 5.99. The number of rotatable bonds is 6. The molecule has 1 fully saturated rings. The van der Waals surface area contributed by atoms with Crippen molar-refractivity contribution in [3.05, 3.63) is 60.0 Å². The van der Waals surface area contributed by atoms with E-state index in [1.165, 1.54) is 0 Å². The molecule has 0 spiro atoms. The molecule has 0 N–H and O–H groups in total. The molecule has 1 aliphatic rings. The lowest BCUT2D eigenvalue weighted by molar-refractivity contribution is 0.0699. The zero-order chi connectivity index (χ0) is 23.4. The first-order chi connectivity index (χ1) is 16.0. The predicted octanol–water partition coefficient (Wildman–Crippen LogP) is 3.64. The number of aromatic nitrogens is 3. The van der Waals surface area contributed by atoms with Crippen molar-refractivity contribution >= 4 is 11.7 Å². The Kier molecular flexibility index (Phi) is 6.72. The van der Waals surface area contributed by atoms with Crippen LogP contribution in [0.2, 0.25) is 0 Å². The number of carbonyl (C=O) groups is 1. The van der Waals surface area contributed by atoms with Crippen LogP contribution in [0.5, 0.6) is 11.5 Å². The Morgan fingerprint density at radius 2 is 1.85 bits per heavy atom. The summed E-state index contributed by atoms with van der Waals surface area (Å²) in [6, 6.07) is 11.2. The summed E-state index contributed by atoms with van der Waals surface area (Å²) in [6.45, 7) is 1.24. The van der Waals surface area contributed by atoms with Gasteiger partial charge in [0.25, 0.3) is 5.91 Å². The van der Waals surface area contributed by atoms with Crippen LogP contribution in [0.15, 0.2) is 48.8 Å². The van der Waals surface area contributed by atoms with Crippen molar-refractivity contribution in [2.24, 2.45) is 0 Å². The van der Waals surface area contributed by atoms with Gasteiger partial charge in [-0.05, 0) is 37.1 Å². The van der Waals surface area contributed by atoms with Gasteiger partial charge in [-0.15, -0.1) is 0 Å². The fourth-order valence-corrected chi connectivity index (χ4v) is 4.14. The van der Waals surface area contributed by atoms with E-state index in [0.717, 1.165) is 29.9 Å². The fourth-order valence-electron chi connectivity index (χ4n) is 4.14. The summed E-state index contributed by atoms with van der Waals surface area (Å²) in [6.07, 6.45) is 5.33. The van der Waals surface area contributed by atoms with Crippen LogP contribution in [0.1, 0.15) is 34.8 Å². The summed E-state index contributed by atoms with van der Waals surface area (Å²) < 4.78 is 10.9. The monoisotopic (exact) mass is 447 g/mol. The van der Waals surface area contributed by atoms with Crippen LogP contribution in [-0.2, 0) is 0 Å². The van der Waals surface area contributed by atoms with Crippen molar-refractivity contribution in [3.63, 3.8) is 0 Å². The Morgan fingerprint density at radius 1 is 1.09 bits per heavy atom. The van der Waals surface area contributed by atoms with Crippen molar-refractivity contribution in [2.45, 2.75) is 18.8 Å². The number of ether oxygens (including phenoxy) is 2. The second kappa shape index (κ2) is 9.85. The quantitative estimate of drug-likeness (QED) is 0.571. The molecule has 4 rings (SSSR count). The molecule has 2 aromatic heterocycles. The highest BCUT2D eigenvalue weighted by Crippen LogP contribution is 2.34. The van der Waals surface area contributed by atoms with E-state index in [0.29, 0.717) is 36.0 Å². The molecule has 0 unspecified atom stereocenters. The van der Waals surface area contributed by atoms with E-state index in [1.807, 2.05) is 48.2 Å². The second-order valence-corrected chi connectivity index (χ2v) is 8.24. The number of hydrogen-bond donors (Lipinski definition) is 0. The standard InChI is InChI=1S/C25H29N5O3/c1-29(2)22-14-19(27-24(28-22)17-8-6-12-26-15-17)18-9-7-13-30(16-18)25(31)23-20(32-3)10-5-11-21(23)33-4/h5-6,8,10-12,14-15,18H,7,9,13,16H2,1-4H3/t18-/m0/s1. The van der Waals surface area contributed by atoms with E-state index in [9.17, 15) is 4.79 Å². The van der Waals surface area contributed by atoms with Gasteiger partial charge in [-0.25, -0.2) is 9.97 Å². The van der Waals surface area contributed by atoms with Crippen molar-refractivity contribution in [2.75, 3.05) is 46.3 Å². The van der Waals surface area contributed by atoms with Gasteiger partial charge in [-0.1, -0.05) is 6.07 Å². The molecule has 1 aromatic carbocycles. The first-order valence-electron chi connectivity index (χ1n) is 11.0. The maximum atomic E-state index is 13.5. The first-order valence-corrected chi connectivity index (χ1v) is 11.0. The molecular weight excluding hydrogens is 418 g/mol. The third-order valence-corrected chi connectivity index (χ3v) is 5.88. The molecule has 8 heteroatoms. The van der Waals surface area contributed by atoms with E-state index in [-0.39, 0.29) is 11.8 Å². The second-order valence-electron chi connectivity index (χ2n) is 8.24. The third kappa shape index (κ3) is 4.74. The van der Waals surface area contributed by atoms with Gasteiger partial charge in [0.2, 0.25) is 0 Å². The molecule has 1 amide bonds. The molecule has 0 bridgehead atoms. The Morgan fingerprint density at radius 3 is 2.48 bits per heavy atom. The van der Waals surface area contributed by atoms with Gasteiger partial charge in [0.1, 0.15) is 22.9 Å². The number of hydrogen-bond acceptors (Lipinski definition) is 7. The number of likely N-dealkylation sites (tertiary alicyclic amines) is 1. The van der Waals surface area contributed by atoms with E-state index >= 15 is 0 Å². The van der Waals surface area contributed by atoms with Crippen molar-refractivity contribution in [1.82, 2.24) is 19.9 Å². The minimum Gasteiger partial charge on any atom is -0.496 e. The van der Waals surface area contributed by atoms with E-state index < -0.39 is 0 Å². The predicted molar refractivity (Wildman–Crippen MR) is 127 cm³/mol. The molecule has 3 heterocycles. The number of nitrogens with zero attached hydrogens (tertiary/aromatic N) is 5. The summed E-state index contributed by atoms with van der Waals surface area (Å²) in [4.78, 5) is 31.1. The Labute approximate surface area is 194 Å². The molecule has 1 saturated heterocycles. The third-order valence-electron chi connectivity index (χ3n) is 5.88. The molecule has 1 aliphatic heterocycles. The van der Waals surface area contributed by atoms with Gasteiger partial charge in [0.15, 0.2) is 5.82 Å². The van der Waals surface area contributed by atoms with Gasteiger partial charge >= 0.3 is 0 Å². The average Bonchev–Trinajstić information content (AvgIpc) is 2.88. The molecule has 33 heavy (non-hydrogen) atoms. The van der Waals surface area contributed by atoms with Crippen LogP contribution in [0.4, 0.5) is 5.82 Å². The molecule has 0 radical (unpaired) electrons. The minimum absolute atomic E-state index is 0.0941. The van der Waals surface area contributed by atoms with Gasteiger partial charge in [0, 0.05) is 57.1 Å². The fraction of sp³-hybridized carbons (Fsp3) is 0.360. The average molecular weight is 448 g/mol. The highest BCUT2D eigenvalue weighted by Gasteiger charge is 2.30. The summed E-state index contributed by atoms with van der Waals surface area (Å²) >= 11 is 0. The van der Waals surface area contributed by atoms with E-state index in [4.69, 9.17) is 19.4 Å². The Balaban J connectivity index is 1.66. The lowest BCUT2D eigenvalue weighted by atomic mass is 9.93. The number of benzene rings is 1. The number of piperidine rings is 1. The minimum atomic E-state index is -0.0941. The molecule has 172 valence electrons. The number of carbonyl (C=O) groups excluding carboxylic acids is 1. The molecule has 0 saturated carbocycles. The number of amides is 1. The van der Waals surface area contributed by atoms with Gasteiger partial charge in [-0.2, -0.15) is 0 Å². The molecule has 8 nitrogen and oxygen atoms in total. The molecule has 3 aromatic rings. The number of anilines is 1. The van der Waals surface area contributed by atoms with Crippen LogP contribution in [-0.4, -0.2) is 67.2 Å². The Hall–Kier alpha value is -3.68. The zero-order valence-corrected chi connectivity index (χ0v) is 19.5. The zero-order valence-electron chi connectivity index (χ0n) is 19.5. The number of methoxy groups -OCH3 is 2. The van der Waals surface area contributed by atoms with Crippen molar-refractivity contribution < 1.29 is 14.3 Å². The van der Waals surface area contributed by atoms with Crippen LogP contribution in [0, 0.1) is 0 Å². The Bertz CT molecular complexity index is 1100. The van der Waals surface area contributed by atoms with Crippen LogP contribution in [0.25, 0.3) is 11.4 Å². The summed E-state index contributed by atoms with van der Waals surface area (Å²) in [5.41, 5.74) is 2.25. The molecular formula is C25H29N5O3. The maximum absolute atomic E-state index is 13.5. The first kappa shape index (κ1) is 22.5. The summed E-state index contributed by atoms with van der Waals surface area (Å²) in [5.74, 6) is 2.49. The largest absolute Gasteiger partial charge is 0.496 e. The maximum Gasteiger partial charge on any atom is 0.261 e. The molecule has 1 atom stereocenters. The van der Waals surface area contributed by atoms with Crippen LogP contribution >= 0.6 is 0 Å². The lowest BCUT2D eigenvalue weighted by Gasteiger charge is -2.33. The topological polar surface area (TPSA) is 80.7 Å². The van der Waals surface area contributed by atoms with Crippen LogP contribution in [0.3, 0.4) is 0 Å². The summed E-state index contributed by atoms with van der Waals surface area (Å²) in [7, 11) is 7.05. The van der Waals surface area contributed by atoms with E-state index in [2.05, 4.69) is 4.98 Å².